The second-order valence-electron chi connectivity index (χ2n) is 4.71. The molecule has 2 aromatic rings. The van der Waals surface area contributed by atoms with Crippen molar-refractivity contribution in [3.63, 3.8) is 0 Å². The van der Waals surface area contributed by atoms with Gasteiger partial charge in [-0.1, -0.05) is 25.0 Å². The molecule has 0 unspecified atom stereocenters. The summed E-state index contributed by atoms with van der Waals surface area (Å²) < 4.78 is 2.00. The van der Waals surface area contributed by atoms with Crippen LogP contribution in [0.4, 0.5) is 0 Å². The molecule has 1 N–H and O–H groups in total. The van der Waals surface area contributed by atoms with Crippen molar-refractivity contribution in [1.82, 2.24) is 9.88 Å². The number of hydrogen-bond acceptors (Lipinski definition) is 1. The maximum atomic E-state index is 11.8. The monoisotopic (exact) mass is 244 g/mol. The van der Waals surface area contributed by atoms with Gasteiger partial charge in [-0.25, -0.2) is 0 Å². The summed E-state index contributed by atoms with van der Waals surface area (Å²) in [6.45, 7) is 5.37. The number of nitrogens with zero attached hydrogens (tertiary/aromatic N) is 1. The van der Waals surface area contributed by atoms with E-state index in [1.54, 1.807) is 0 Å². The lowest BCUT2D eigenvalue weighted by Gasteiger charge is -2.07. The Bertz CT molecular complexity index is 542. The van der Waals surface area contributed by atoms with Crippen LogP contribution in [0.3, 0.4) is 0 Å². The number of aromatic nitrogens is 1. The number of rotatable bonds is 5. The molecule has 0 atom stereocenters. The molecule has 0 saturated heterocycles. The maximum absolute atomic E-state index is 11.8. The van der Waals surface area contributed by atoms with E-state index in [1.165, 1.54) is 10.9 Å². The molecule has 3 nitrogen and oxygen atoms in total. The molecule has 1 aromatic heterocycles. The van der Waals surface area contributed by atoms with Gasteiger partial charge in [-0.2, -0.15) is 0 Å². The molecule has 1 aromatic carbocycles. The second-order valence-corrected chi connectivity index (χ2v) is 4.71. The van der Waals surface area contributed by atoms with E-state index in [9.17, 15) is 4.79 Å². The molecular formula is C15H20N2O. The largest absolute Gasteiger partial charge is 0.355 e. The van der Waals surface area contributed by atoms with Crippen molar-refractivity contribution in [2.24, 2.45) is 0 Å². The van der Waals surface area contributed by atoms with Gasteiger partial charge < -0.3 is 9.88 Å². The van der Waals surface area contributed by atoms with Gasteiger partial charge in [0.2, 0.25) is 5.91 Å². The average molecular weight is 244 g/mol. The van der Waals surface area contributed by atoms with Crippen LogP contribution in [-0.4, -0.2) is 17.0 Å². The average Bonchev–Trinajstić information content (AvgIpc) is 2.72. The van der Waals surface area contributed by atoms with Gasteiger partial charge >= 0.3 is 0 Å². The van der Waals surface area contributed by atoms with Crippen LogP contribution >= 0.6 is 0 Å². The van der Waals surface area contributed by atoms with Crippen molar-refractivity contribution in [2.45, 2.75) is 33.2 Å². The molecule has 0 saturated carbocycles. The highest BCUT2D eigenvalue weighted by molar-refractivity contribution is 5.83. The van der Waals surface area contributed by atoms with E-state index in [2.05, 4.69) is 43.4 Å². The Morgan fingerprint density at radius 1 is 1.33 bits per heavy atom. The van der Waals surface area contributed by atoms with Crippen LogP contribution in [0.15, 0.2) is 30.5 Å². The van der Waals surface area contributed by atoms with E-state index in [-0.39, 0.29) is 5.91 Å². The van der Waals surface area contributed by atoms with Crippen LogP contribution in [0.1, 0.15) is 25.3 Å². The third-order valence-corrected chi connectivity index (χ3v) is 3.09. The number of fused-ring (bicyclic) bond motifs is 1. The van der Waals surface area contributed by atoms with Crippen molar-refractivity contribution in [2.75, 3.05) is 6.54 Å². The SMILES string of the molecule is CCCCNC(=O)Cn1ccc2cc(C)ccc21. The van der Waals surface area contributed by atoms with E-state index in [4.69, 9.17) is 0 Å². The Morgan fingerprint density at radius 2 is 2.17 bits per heavy atom. The molecule has 1 amide bonds. The van der Waals surface area contributed by atoms with Crippen molar-refractivity contribution in [1.29, 1.82) is 0 Å². The molecule has 0 bridgehead atoms. The van der Waals surface area contributed by atoms with Gasteiger partial charge in [-0.3, -0.25) is 4.79 Å². The van der Waals surface area contributed by atoms with Gasteiger partial charge in [0.1, 0.15) is 6.54 Å². The van der Waals surface area contributed by atoms with Crippen LogP contribution in [-0.2, 0) is 11.3 Å². The predicted molar refractivity (Wildman–Crippen MR) is 74.6 cm³/mol. The number of carbonyl (C=O) groups is 1. The van der Waals surface area contributed by atoms with Crippen LogP contribution in [0.5, 0.6) is 0 Å². The first-order chi connectivity index (χ1) is 8.70. The summed E-state index contributed by atoms with van der Waals surface area (Å²) in [4.78, 5) is 11.8. The van der Waals surface area contributed by atoms with Crippen molar-refractivity contribution in [3.8, 4) is 0 Å². The van der Waals surface area contributed by atoms with Gasteiger partial charge in [0.15, 0.2) is 0 Å². The predicted octanol–water partition coefficient (Wildman–Crippen LogP) is 2.87. The van der Waals surface area contributed by atoms with Gasteiger partial charge in [0.05, 0.1) is 0 Å². The molecule has 18 heavy (non-hydrogen) atoms. The zero-order chi connectivity index (χ0) is 13.0. The highest BCUT2D eigenvalue weighted by Crippen LogP contribution is 2.17. The molecule has 0 radical (unpaired) electrons. The van der Waals surface area contributed by atoms with E-state index >= 15 is 0 Å². The minimum Gasteiger partial charge on any atom is -0.355 e. The number of aryl methyl sites for hydroxylation is 1. The second kappa shape index (κ2) is 5.71. The molecule has 0 aliphatic heterocycles. The summed E-state index contributed by atoms with van der Waals surface area (Å²) in [7, 11) is 0. The van der Waals surface area contributed by atoms with Crippen molar-refractivity contribution in [3.05, 3.63) is 36.0 Å². The quantitative estimate of drug-likeness (QED) is 0.806. The third kappa shape index (κ3) is 2.92. The maximum Gasteiger partial charge on any atom is 0.239 e. The molecule has 0 spiro atoms. The normalized spacial score (nSPS) is 10.8. The van der Waals surface area contributed by atoms with E-state index in [0.29, 0.717) is 6.54 Å². The Kier molecular flexibility index (Phi) is 4.03. The Balaban J connectivity index is 2.05. The molecule has 0 aliphatic carbocycles. The lowest BCUT2D eigenvalue weighted by Crippen LogP contribution is -2.28. The molecule has 2 rings (SSSR count). The number of carbonyl (C=O) groups excluding carboxylic acids is 1. The molecule has 0 fully saturated rings. The Labute approximate surface area is 108 Å². The van der Waals surface area contributed by atoms with Gasteiger partial charge in [-0.15, -0.1) is 0 Å². The fraction of sp³-hybridized carbons (Fsp3) is 0.400. The van der Waals surface area contributed by atoms with Crippen LogP contribution < -0.4 is 5.32 Å². The number of unbranched alkanes of at least 4 members (excludes halogenated alkanes) is 1. The fourth-order valence-electron chi connectivity index (χ4n) is 2.07. The van der Waals surface area contributed by atoms with Gasteiger partial charge in [-0.05, 0) is 36.9 Å². The Hall–Kier alpha value is -1.77. The molecular weight excluding hydrogens is 224 g/mol. The lowest BCUT2D eigenvalue weighted by molar-refractivity contribution is -0.121. The summed E-state index contributed by atoms with van der Waals surface area (Å²) in [5.41, 5.74) is 2.36. The number of benzene rings is 1. The first-order valence-electron chi connectivity index (χ1n) is 6.53. The minimum absolute atomic E-state index is 0.0847. The number of nitrogens with one attached hydrogen (secondary N) is 1. The molecule has 1 heterocycles. The smallest absolute Gasteiger partial charge is 0.239 e. The minimum atomic E-state index is 0.0847. The fourth-order valence-corrected chi connectivity index (χ4v) is 2.07. The lowest BCUT2D eigenvalue weighted by atomic mass is 10.2. The highest BCUT2D eigenvalue weighted by Gasteiger charge is 2.05. The van der Waals surface area contributed by atoms with E-state index in [0.717, 1.165) is 24.9 Å². The van der Waals surface area contributed by atoms with Crippen LogP contribution in [0.25, 0.3) is 10.9 Å². The standard InChI is InChI=1S/C15H20N2O/c1-3-4-8-16-15(18)11-17-9-7-13-10-12(2)5-6-14(13)17/h5-7,9-10H,3-4,8,11H2,1-2H3,(H,16,18). The summed E-state index contributed by atoms with van der Waals surface area (Å²) in [5.74, 6) is 0.0847. The van der Waals surface area contributed by atoms with E-state index in [1.807, 2.05) is 10.8 Å². The number of amides is 1. The summed E-state index contributed by atoms with van der Waals surface area (Å²) in [5, 5.41) is 4.13. The van der Waals surface area contributed by atoms with E-state index < -0.39 is 0 Å². The Morgan fingerprint density at radius 3 is 2.94 bits per heavy atom. The van der Waals surface area contributed by atoms with Gasteiger partial charge in [0, 0.05) is 18.3 Å². The van der Waals surface area contributed by atoms with Crippen LogP contribution in [0, 0.1) is 6.92 Å². The zero-order valence-corrected chi connectivity index (χ0v) is 11.1. The zero-order valence-electron chi connectivity index (χ0n) is 11.1. The highest BCUT2D eigenvalue weighted by atomic mass is 16.1. The summed E-state index contributed by atoms with van der Waals surface area (Å²) in [6.07, 6.45) is 4.12. The summed E-state index contributed by atoms with van der Waals surface area (Å²) in [6, 6.07) is 8.35. The topological polar surface area (TPSA) is 34.0 Å². The first kappa shape index (κ1) is 12.7. The van der Waals surface area contributed by atoms with Crippen molar-refractivity contribution >= 4 is 16.8 Å². The molecule has 0 aliphatic rings. The van der Waals surface area contributed by atoms with Gasteiger partial charge in [0.25, 0.3) is 0 Å². The van der Waals surface area contributed by atoms with Crippen molar-refractivity contribution < 1.29 is 4.79 Å². The molecule has 3 heteroatoms. The third-order valence-electron chi connectivity index (χ3n) is 3.09. The number of hydrogen-bond donors (Lipinski definition) is 1. The molecule has 96 valence electrons. The summed E-state index contributed by atoms with van der Waals surface area (Å²) >= 11 is 0. The van der Waals surface area contributed by atoms with Crippen LogP contribution in [0.2, 0.25) is 0 Å². The first-order valence-corrected chi connectivity index (χ1v) is 6.53.